The Bertz CT molecular complexity index is 2780. The molecule has 0 fully saturated rings. The Labute approximate surface area is 282 Å². The van der Waals surface area contributed by atoms with Gasteiger partial charge in [-0.3, -0.25) is 0 Å². The highest BCUT2D eigenvalue weighted by Crippen LogP contribution is 2.42. The molecular formula is C45H27N3O. The Morgan fingerprint density at radius 1 is 0.306 bits per heavy atom. The van der Waals surface area contributed by atoms with Crippen LogP contribution >= 0.6 is 0 Å². The van der Waals surface area contributed by atoms with Gasteiger partial charge in [0.05, 0.1) is 5.56 Å². The van der Waals surface area contributed by atoms with Gasteiger partial charge in [0.2, 0.25) is 0 Å². The first-order chi connectivity index (χ1) is 24.3. The number of hydrogen-bond donors (Lipinski definition) is 0. The minimum atomic E-state index is 0.568. The third-order valence-corrected chi connectivity index (χ3v) is 9.53. The van der Waals surface area contributed by atoms with Gasteiger partial charge in [0.15, 0.2) is 17.5 Å². The van der Waals surface area contributed by atoms with Gasteiger partial charge in [-0.15, -0.1) is 0 Å². The monoisotopic (exact) mass is 625 g/mol. The molecule has 0 radical (unpaired) electrons. The molecule has 0 saturated heterocycles. The van der Waals surface area contributed by atoms with E-state index in [1.54, 1.807) is 0 Å². The topological polar surface area (TPSA) is 51.8 Å². The third kappa shape index (κ3) is 4.42. The van der Waals surface area contributed by atoms with Crippen LogP contribution in [0.2, 0.25) is 0 Å². The van der Waals surface area contributed by atoms with Crippen molar-refractivity contribution in [1.29, 1.82) is 0 Å². The summed E-state index contributed by atoms with van der Waals surface area (Å²) in [7, 11) is 0. The van der Waals surface area contributed by atoms with Crippen molar-refractivity contribution in [3.63, 3.8) is 0 Å². The first-order valence-corrected chi connectivity index (χ1v) is 16.5. The molecule has 0 atom stereocenters. The quantitative estimate of drug-likeness (QED) is 0.195. The van der Waals surface area contributed by atoms with Gasteiger partial charge in [0, 0.05) is 27.3 Å². The number of nitrogens with zero attached hydrogens (tertiary/aromatic N) is 3. The van der Waals surface area contributed by atoms with Crippen molar-refractivity contribution in [2.45, 2.75) is 0 Å². The molecule has 0 unspecified atom stereocenters. The molecule has 228 valence electrons. The second-order valence-electron chi connectivity index (χ2n) is 12.4. The highest BCUT2D eigenvalue weighted by atomic mass is 16.3. The van der Waals surface area contributed by atoms with Crippen molar-refractivity contribution in [1.82, 2.24) is 15.0 Å². The Kier molecular flexibility index (Phi) is 6.15. The molecule has 4 heteroatoms. The van der Waals surface area contributed by atoms with Crippen LogP contribution in [0.5, 0.6) is 0 Å². The molecule has 0 saturated carbocycles. The summed E-state index contributed by atoms with van der Waals surface area (Å²) in [6.45, 7) is 0. The predicted octanol–water partition coefficient (Wildman–Crippen LogP) is 11.9. The Morgan fingerprint density at radius 2 is 0.755 bits per heavy atom. The van der Waals surface area contributed by atoms with E-state index >= 15 is 0 Å². The predicted molar refractivity (Wildman–Crippen MR) is 201 cm³/mol. The highest BCUT2D eigenvalue weighted by Gasteiger charge is 2.21. The van der Waals surface area contributed by atoms with Crippen molar-refractivity contribution >= 4 is 54.3 Å². The van der Waals surface area contributed by atoms with E-state index in [9.17, 15) is 0 Å². The zero-order valence-electron chi connectivity index (χ0n) is 26.3. The summed E-state index contributed by atoms with van der Waals surface area (Å²) in [6, 6.07) is 56.8. The molecule has 10 aromatic rings. The van der Waals surface area contributed by atoms with Crippen LogP contribution < -0.4 is 0 Å². The van der Waals surface area contributed by atoms with E-state index in [1.165, 1.54) is 11.1 Å². The summed E-state index contributed by atoms with van der Waals surface area (Å²) in [5, 5.41) is 8.76. The van der Waals surface area contributed by atoms with Crippen LogP contribution in [0, 0.1) is 0 Å². The van der Waals surface area contributed by atoms with Crippen LogP contribution in [0.1, 0.15) is 0 Å². The van der Waals surface area contributed by atoms with Gasteiger partial charge in [0.25, 0.3) is 0 Å². The molecule has 0 aliphatic carbocycles. The lowest BCUT2D eigenvalue weighted by Gasteiger charge is -2.11. The van der Waals surface area contributed by atoms with Crippen LogP contribution in [-0.2, 0) is 0 Å². The molecule has 8 aromatic carbocycles. The molecule has 0 spiro atoms. The summed E-state index contributed by atoms with van der Waals surface area (Å²) >= 11 is 0. The van der Waals surface area contributed by atoms with Gasteiger partial charge in [0.1, 0.15) is 11.2 Å². The summed E-state index contributed by atoms with van der Waals surface area (Å²) in [5.74, 6) is 1.81. The number of furan rings is 1. The van der Waals surface area contributed by atoms with Crippen LogP contribution in [0.3, 0.4) is 0 Å². The van der Waals surface area contributed by atoms with Crippen LogP contribution in [0.4, 0.5) is 0 Å². The first-order valence-electron chi connectivity index (χ1n) is 16.5. The molecule has 0 aliphatic rings. The lowest BCUT2D eigenvalue weighted by molar-refractivity contribution is 0.673. The Morgan fingerprint density at radius 3 is 1.41 bits per heavy atom. The normalized spacial score (nSPS) is 11.7. The molecule has 0 bridgehead atoms. The fourth-order valence-corrected chi connectivity index (χ4v) is 7.23. The number of aromatic nitrogens is 3. The van der Waals surface area contributed by atoms with E-state index in [2.05, 4.69) is 164 Å². The maximum Gasteiger partial charge on any atom is 0.167 e. The largest absolute Gasteiger partial charge is 0.455 e. The minimum absolute atomic E-state index is 0.568. The van der Waals surface area contributed by atoms with Crippen molar-refractivity contribution < 1.29 is 4.42 Å². The van der Waals surface area contributed by atoms with Crippen molar-refractivity contribution in [2.75, 3.05) is 0 Å². The molecular weight excluding hydrogens is 599 g/mol. The Balaban J connectivity index is 1.27. The van der Waals surface area contributed by atoms with Gasteiger partial charge < -0.3 is 4.42 Å². The van der Waals surface area contributed by atoms with E-state index in [4.69, 9.17) is 19.4 Å². The van der Waals surface area contributed by atoms with E-state index in [1.807, 2.05) is 0 Å². The minimum Gasteiger partial charge on any atom is -0.455 e. The second kappa shape index (κ2) is 11.0. The van der Waals surface area contributed by atoms with Crippen LogP contribution in [-0.4, -0.2) is 15.0 Å². The van der Waals surface area contributed by atoms with E-state index in [-0.39, 0.29) is 0 Å². The van der Waals surface area contributed by atoms with E-state index in [0.717, 1.165) is 70.9 Å². The standard InChI is InChI=1S/C45H27N3O/c1-2-13-30(14-3-1)39-27-40-35-23-12-26-38(41(35)49-42(40)34-22-9-8-21-33(34)39)45-47-43(36-24-10-17-28-15-4-6-19-31(28)36)46-44(48-45)37-25-11-18-29-16-5-7-20-32(29)37/h1-27H. The summed E-state index contributed by atoms with van der Waals surface area (Å²) in [4.78, 5) is 15.5. The Hall–Kier alpha value is -6.65. The SMILES string of the molecule is c1ccc(-c2cc3c4cccc(-c5nc(-c6cccc7ccccc67)nc(-c6cccc7ccccc67)n5)c4oc3c3ccccc23)cc1. The molecule has 0 amide bonds. The summed E-state index contributed by atoms with van der Waals surface area (Å²) in [5.41, 5.74) is 6.69. The molecule has 0 aliphatic heterocycles. The lowest BCUT2D eigenvalue weighted by Crippen LogP contribution is -2.01. The van der Waals surface area contributed by atoms with Crippen molar-refractivity contribution in [3.8, 4) is 45.3 Å². The third-order valence-electron chi connectivity index (χ3n) is 9.53. The van der Waals surface area contributed by atoms with Gasteiger partial charge >= 0.3 is 0 Å². The van der Waals surface area contributed by atoms with Gasteiger partial charge in [-0.1, -0.05) is 152 Å². The average molecular weight is 626 g/mol. The maximum atomic E-state index is 6.87. The number of benzene rings is 8. The second-order valence-corrected chi connectivity index (χ2v) is 12.4. The van der Waals surface area contributed by atoms with Crippen LogP contribution in [0.25, 0.3) is 99.5 Å². The molecule has 0 N–H and O–H groups in total. The average Bonchev–Trinajstić information content (AvgIpc) is 3.56. The number of fused-ring (bicyclic) bond motifs is 7. The molecule has 10 rings (SSSR count). The smallest absolute Gasteiger partial charge is 0.167 e. The number of para-hydroxylation sites is 1. The maximum absolute atomic E-state index is 6.87. The molecule has 2 heterocycles. The fraction of sp³-hybridized carbons (Fsp3) is 0. The summed E-state index contributed by atoms with van der Waals surface area (Å²) in [6.07, 6.45) is 0. The fourth-order valence-electron chi connectivity index (χ4n) is 7.23. The van der Waals surface area contributed by atoms with Crippen LogP contribution in [0.15, 0.2) is 168 Å². The van der Waals surface area contributed by atoms with E-state index < -0.39 is 0 Å². The van der Waals surface area contributed by atoms with Crippen molar-refractivity contribution in [2.24, 2.45) is 0 Å². The summed E-state index contributed by atoms with van der Waals surface area (Å²) < 4.78 is 6.87. The zero-order chi connectivity index (χ0) is 32.3. The van der Waals surface area contributed by atoms with Gasteiger partial charge in [-0.25, -0.2) is 15.0 Å². The first kappa shape index (κ1) is 27.5. The zero-order valence-corrected chi connectivity index (χ0v) is 26.3. The molecule has 4 nitrogen and oxygen atoms in total. The van der Waals surface area contributed by atoms with Gasteiger partial charge in [-0.2, -0.15) is 0 Å². The number of hydrogen-bond acceptors (Lipinski definition) is 4. The van der Waals surface area contributed by atoms with Crippen molar-refractivity contribution in [3.05, 3.63) is 164 Å². The molecule has 49 heavy (non-hydrogen) atoms. The van der Waals surface area contributed by atoms with Gasteiger partial charge in [-0.05, 0) is 50.2 Å². The number of rotatable bonds is 4. The van der Waals surface area contributed by atoms with E-state index in [0.29, 0.717) is 17.5 Å². The highest BCUT2D eigenvalue weighted by molar-refractivity contribution is 6.20. The molecule has 2 aromatic heterocycles. The lowest BCUT2D eigenvalue weighted by atomic mass is 9.95.